The summed E-state index contributed by atoms with van der Waals surface area (Å²) in [5.74, 6) is 1.58. The SMILES string of the molecule is Cc1ccccc1C(N)CN1CCC(C(C)C)CCC1=O. The molecule has 1 amide bonds. The molecule has 116 valence electrons. The van der Waals surface area contributed by atoms with E-state index in [0.717, 1.165) is 24.9 Å². The molecule has 1 aromatic carbocycles. The minimum Gasteiger partial charge on any atom is -0.341 e. The highest BCUT2D eigenvalue weighted by atomic mass is 16.2. The molecule has 2 rings (SSSR count). The van der Waals surface area contributed by atoms with E-state index in [-0.39, 0.29) is 11.9 Å². The molecule has 1 fully saturated rings. The first-order chi connectivity index (χ1) is 9.99. The first-order valence-electron chi connectivity index (χ1n) is 8.08. The minimum absolute atomic E-state index is 0.0919. The smallest absolute Gasteiger partial charge is 0.222 e. The molecule has 3 heteroatoms. The zero-order chi connectivity index (χ0) is 15.4. The molecule has 1 aromatic rings. The molecule has 0 aliphatic carbocycles. The Morgan fingerprint density at radius 2 is 2.00 bits per heavy atom. The van der Waals surface area contributed by atoms with E-state index in [0.29, 0.717) is 24.8 Å². The molecular weight excluding hydrogens is 260 g/mol. The first-order valence-corrected chi connectivity index (χ1v) is 8.08. The van der Waals surface area contributed by atoms with Crippen molar-refractivity contribution >= 4 is 5.91 Å². The van der Waals surface area contributed by atoms with Gasteiger partial charge in [-0.1, -0.05) is 38.1 Å². The highest BCUT2D eigenvalue weighted by Crippen LogP contribution is 2.26. The van der Waals surface area contributed by atoms with Gasteiger partial charge in [-0.05, 0) is 42.7 Å². The fraction of sp³-hybridized carbons (Fsp3) is 0.611. The molecule has 2 N–H and O–H groups in total. The predicted molar refractivity (Wildman–Crippen MR) is 86.9 cm³/mol. The summed E-state index contributed by atoms with van der Waals surface area (Å²) in [6, 6.07) is 8.09. The summed E-state index contributed by atoms with van der Waals surface area (Å²) in [5.41, 5.74) is 8.69. The van der Waals surface area contributed by atoms with Gasteiger partial charge in [-0.15, -0.1) is 0 Å². The number of amides is 1. The lowest BCUT2D eigenvalue weighted by atomic mass is 9.89. The molecular formula is C18H28N2O. The Hall–Kier alpha value is -1.35. The zero-order valence-electron chi connectivity index (χ0n) is 13.5. The molecule has 1 saturated heterocycles. The van der Waals surface area contributed by atoms with Gasteiger partial charge in [0.15, 0.2) is 0 Å². The topological polar surface area (TPSA) is 46.3 Å². The number of likely N-dealkylation sites (tertiary alicyclic amines) is 1. The van der Waals surface area contributed by atoms with Crippen LogP contribution < -0.4 is 5.73 Å². The summed E-state index contributed by atoms with van der Waals surface area (Å²) in [4.78, 5) is 14.3. The van der Waals surface area contributed by atoms with Crippen LogP contribution in [0.3, 0.4) is 0 Å². The monoisotopic (exact) mass is 288 g/mol. The number of benzene rings is 1. The van der Waals surface area contributed by atoms with E-state index in [1.165, 1.54) is 5.56 Å². The van der Waals surface area contributed by atoms with E-state index in [1.54, 1.807) is 0 Å². The molecule has 2 atom stereocenters. The van der Waals surface area contributed by atoms with Crippen molar-refractivity contribution in [1.29, 1.82) is 0 Å². The van der Waals surface area contributed by atoms with Crippen molar-refractivity contribution in [2.75, 3.05) is 13.1 Å². The second-order valence-electron chi connectivity index (χ2n) is 6.63. The number of aryl methyl sites for hydroxylation is 1. The number of rotatable bonds is 4. The molecule has 1 aliphatic rings. The highest BCUT2D eigenvalue weighted by molar-refractivity contribution is 5.76. The summed E-state index contributed by atoms with van der Waals surface area (Å²) in [7, 11) is 0. The third-order valence-corrected chi connectivity index (χ3v) is 4.80. The summed E-state index contributed by atoms with van der Waals surface area (Å²) >= 11 is 0. The molecule has 21 heavy (non-hydrogen) atoms. The molecule has 2 unspecified atom stereocenters. The van der Waals surface area contributed by atoms with Crippen LogP contribution in [0.4, 0.5) is 0 Å². The van der Waals surface area contributed by atoms with Crippen LogP contribution in [0.15, 0.2) is 24.3 Å². The van der Waals surface area contributed by atoms with Gasteiger partial charge in [0.25, 0.3) is 0 Å². The highest BCUT2D eigenvalue weighted by Gasteiger charge is 2.25. The number of carbonyl (C=O) groups excluding carboxylic acids is 1. The van der Waals surface area contributed by atoms with Gasteiger partial charge in [0.05, 0.1) is 0 Å². The number of nitrogens with two attached hydrogens (primary N) is 1. The summed E-state index contributed by atoms with van der Waals surface area (Å²) in [6.07, 6.45) is 2.79. The molecule has 1 heterocycles. The maximum atomic E-state index is 12.3. The van der Waals surface area contributed by atoms with E-state index in [1.807, 2.05) is 17.0 Å². The average molecular weight is 288 g/mol. The van der Waals surface area contributed by atoms with E-state index in [4.69, 9.17) is 5.73 Å². The van der Waals surface area contributed by atoms with Crippen molar-refractivity contribution in [2.24, 2.45) is 17.6 Å². The van der Waals surface area contributed by atoms with Crippen LogP contribution in [-0.2, 0) is 4.79 Å². The predicted octanol–water partition coefficient (Wildman–Crippen LogP) is 3.28. The van der Waals surface area contributed by atoms with Crippen molar-refractivity contribution in [3.05, 3.63) is 35.4 Å². The van der Waals surface area contributed by atoms with Crippen LogP contribution in [0, 0.1) is 18.8 Å². The van der Waals surface area contributed by atoms with Crippen molar-refractivity contribution in [1.82, 2.24) is 4.90 Å². The first kappa shape index (κ1) is 16.0. The lowest BCUT2D eigenvalue weighted by Crippen LogP contribution is -2.37. The van der Waals surface area contributed by atoms with Gasteiger partial charge in [0.2, 0.25) is 5.91 Å². The third-order valence-electron chi connectivity index (χ3n) is 4.80. The van der Waals surface area contributed by atoms with Gasteiger partial charge in [0.1, 0.15) is 0 Å². The van der Waals surface area contributed by atoms with Crippen molar-refractivity contribution in [2.45, 2.75) is 46.1 Å². The van der Waals surface area contributed by atoms with E-state index in [9.17, 15) is 4.79 Å². The molecule has 0 aromatic heterocycles. The molecule has 0 saturated carbocycles. The Bertz CT molecular complexity index is 484. The van der Waals surface area contributed by atoms with Crippen LogP contribution in [0.1, 0.15) is 50.3 Å². The normalized spacial score (nSPS) is 21.5. The van der Waals surface area contributed by atoms with Gasteiger partial charge >= 0.3 is 0 Å². The summed E-state index contributed by atoms with van der Waals surface area (Å²) in [5, 5.41) is 0. The lowest BCUT2D eigenvalue weighted by molar-refractivity contribution is -0.130. The maximum Gasteiger partial charge on any atom is 0.222 e. The number of nitrogens with zero attached hydrogens (tertiary/aromatic N) is 1. The molecule has 3 nitrogen and oxygen atoms in total. The lowest BCUT2D eigenvalue weighted by Gasteiger charge is -2.26. The fourth-order valence-electron chi connectivity index (χ4n) is 3.26. The van der Waals surface area contributed by atoms with Crippen LogP contribution >= 0.6 is 0 Å². The minimum atomic E-state index is -0.0919. The second-order valence-corrected chi connectivity index (χ2v) is 6.63. The standard InChI is InChI=1S/C18H28N2O/c1-13(2)15-8-9-18(21)20(11-10-15)12-17(19)16-7-5-4-6-14(16)3/h4-7,13,15,17H,8-12,19H2,1-3H3. The Balaban J connectivity index is 2.01. The Kier molecular flexibility index (Phi) is 5.40. The van der Waals surface area contributed by atoms with E-state index >= 15 is 0 Å². The molecule has 0 spiro atoms. The van der Waals surface area contributed by atoms with E-state index < -0.39 is 0 Å². The van der Waals surface area contributed by atoms with Gasteiger partial charge in [0, 0.05) is 25.6 Å². The van der Waals surface area contributed by atoms with E-state index in [2.05, 4.69) is 32.9 Å². The molecule has 0 bridgehead atoms. The average Bonchev–Trinajstić information content (AvgIpc) is 2.62. The Morgan fingerprint density at radius 3 is 2.67 bits per heavy atom. The van der Waals surface area contributed by atoms with Crippen molar-refractivity contribution < 1.29 is 4.79 Å². The van der Waals surface area contributed by atoms with Crippen LogP contribution in [0.25, 0.3) is 0 Å². The summed E-state index contributed by atoms with van der Waals surface area (Å²) < 4.78 is 0. The van der Waals surface area contributed by atoms with Gasteiger partial charge in [-0.2, -0.15) is 0 Å². The quantitative estimate of drug-likeness (QED) is 0.924. The molecule has 0 radical (unpaired) electrons. The zero-order valence-corrected chi connectivity index (χ0v) is 13.5. The number of carbonyl (C=O) groups is 1. The molecule has 1 aliphatic heterocycles. The number of hydrogen-bond acceptors (Lipinski definition) is 2. The van der Waals surface area contributed by atoms with Crippen LogP contribution in [-0.4, -0.2) is 23.9 Å². The van der Waals surface area contributed by atoms with Gasteiger partial charge in [-0.25, -0.2) is 0 Å². The van der Waals surface area contributed by atoms with Gasteiger partial charge < -0.3 is 10.6 Å². The van der Waals surface area contributed by atoms with Gasteiger partial charge in [-0.3, -0.25) is 4.79 Å². The number of hydrogen-bond donors (Lipinski definition) is 1. The van der Waals surface area contributed by atoms with Crippen LogP contribution in [0.5, 0.6) is 0 Å². The van der Waals surface area contributed by atoms with Crippen molar-refractivity contribution in [3.8, 4) is 0 Å². The fourth-order valence-corrected chi connectivity index (χ4v) is 3.26. The third kappa shape index (κ3) is 4.07. The Labute approximate surface area is 128 Å². The summed E-state index contributed by atoms with van der Waals surface area (Å²) in [6.45, 7) is 8.07. The van der Waals surface area contributed by atoms with Crippen molar-refractivity contribution in [3.63, 3.8) is 0 Å². The largest absolute Gasteiger partial charge is 0.341 e. The second kappa shape index (κ2) is 7.08. The van der Waals surface area contributed by atoms with Crippen LogP contribution in [0.2, 0.25) is 0 Å². The Morgan fingerprint density at radius 1 is 1.29 bits per heavy atom. The maximum absolute atomic E-state index is 12.3.